The molecule has 8 heteroatoms. The Hall–Kier alpha value is -4.22. The minimum absolute atomic E-state index is 0.0195. The highest BCUT2D eigenvalue weighted by atomic mass is 16.5. The smallest absolute Gasteiger partial charge is 0.304 e. The number of benzene rings is 3. The summed E-state index contributed by atoms with van der Waals surface area (Å²) in [6, 6.07) is 18.1. The molecule has 4 aromatic rings. The maximum atomic E-state index is 12.0. The number of aromatic nitrogens is 3. The predicted molar refractivity (Wildman–Crippen MR) is 148 cm³/mol. The quantitative estimate of drug-likeness (QED) is 0.369. The van der Waals surface area contributed by atoms with Gasteiger partial charge in [0.05, 0.1) is 23.6 Å². The van der Waals surface area contributed by atoms with Gasteiger partial charge in [-0.15, -0.1) is 5.10 Å². The van der Waals surface area contributed by atoms with Gasteiger partial charge in [0.25, 0.3) is 0 Å². The standard InChI is InChI=1S/C31H33N5O3/c1-19-6-8-22(26(14-29(37)38)25-10-11-27-30(20(25)2)33-34-35(27)5)13-24(19)17-36-16-23-9-7-21(15-32)12-28(23)39-31(3,4)18-36/h6-13,26H,14,16-18H2,1-5H3,(H,37,38). The van der Waals surface area contributed by atoms with Gasteiger partial charge < -0.3 is 9.84 Å². The molecule has 200 valence electrons. The fourth-order valence-electron chi connectivity index (χ4n) is 5.65. The molecule has 0 radical (unpaired) electrons. The second kappa shape index (κ2) is 10.2. The summed E-state index contributed by atoms with van der Waals surface area (Å²) in [4.78, 5) is 14.4. The van der Waals surface area contributed by atoms with Crippen molar-refractivity contribution < 1.29 is 14.6 Å². The van der Waals surface area contributed by atoms with Crippen molar-refractivity contribution in [2.24, 2.45) is 7.05 Å². The van der Waals surface area contributed by atoms with Crippen LogP contribution in [0.1, 0.15) is 65.1 Å². The molecule has 1 aliphatic rings. The monoisotopic (exact) mass is 523 g/mol. The van der Waals surface area contributed by atoms with Crippen molar-refractivity contribution in [2.45, 2.75) is 58.7 Å². The summed E-state index contributed by atoms with van der Waals surface area (Å²) in [5.41, 5.74) is 8.07. The first-order chi connectivity index (χ1) is 18.5. The van der Waals surface area contributed by atoms with Crippen molar-refractivity contribution >= 4 is 17.0 Å². The summed E-state index contributed by atoms with van der Waals surface area (Å²) in [5.74, 6) is -0.411. The van der Waals surface area contributed by atoms with Crippen molar-refractivity contribution in [3.63, 3.8) is 0 Å². The van der Waals surface area contributed by atoms with Crippen LogP contribution in [0.4, 0.5) is 0 Å². The first-order valence-corrected chi connectivity index (χ1v) is 13.1. The normalized spacial score (nSPS) is 15.7. The summed E-state index contributed by atoms with van der Waals surface area (Å²) in [5, 5.41) is 27.6. The maximum Gasteiger partial charge on any atom is 0.304 e. The SMILES string of the molecule is Cc1ccc(C(CC(=O)O)c2ccc3c(nnn3C)c2C)cc1CN1Cc2ccc(C#N)cc2OC(C)(C)C1. The van der Waals surface area contributed by atoms with Crippen molar-refractivity contribution in [3.05, 3.63) is 87.5 Å². The van der Waals surface area contributed by atoms with E-state index < -0.39 is 11.6 Å². The molecule has 3 aromatic carbocycles. The first kappa shape index (κ1) is 26.4. The molecule has 1 N–H and O–H groups in total. The molecule has 1 unspecified atom stereocenters. The third-order valence-electron chi connectivity index (χ3n) is 7.58. The highest BCUT2D eigenvalue weighted by Gasteiger charge is 2.30. The Labute approximate surface area is 228 Å². The molecular weight excluding hydrogens is 490 g/mol. The summed E-state index contributed by atoms with van der Waals surface area (Å²) >= 11 is 0. The van der Waals surface area contributed by atoms with E-state index in [0.29, 0.717) is 25.2 Å². The van der Waals surface area contributed by atoms with Crippen LogP contribution in [-0.4, -0.2) is 43.1 Å². The topological polar surface area (TPSA) is 104 Å². The summed E-state index contributed by atoms with van der Waals surface area (Å²) in [6.07, 6.45) is -0.0195. The first-order valence-electron chi connectivity index (χ1n) is 13.1. The number of carbonyl (C=O) groups is 1. The summed E-state index contributed by atoms with van der Waals surface area (Å²) in [6.45, 7) is 10.3. The van der Waals surface area contributed by atoms with Crippen molar-refractivity contribution in [3.8, 4) is 11.8 Å². The van der Waals surface area contributed by atoms with E-state index in [1.54, 1.807) is 4.68 Å². The lowest BCUT2D eigenvalue weighted by Gasteiger charge is -2.30. The second-order valence-corrected chi connectivity index (χ2v) is 11.1. The van der Waals surface area contributed by atoms with Crippen LogP contribution in [0.15, 0.2) is 48.5 Å². The van der Waals surface area contributed by atoms with Gasteiger partial charge in [-0.1, -0.05) is 35.5 Å². The lowest BCUT2D eigenvalue weighted by molar-refractivity contribution is -0.137. The molecule has 0 bridgehead atoms. The van der Waals surface area contributed by atoms with Crippen molar-refractivity contribution in [1.29, 1.82) is 5.26 Å². The molecule has 1 aliphatic heterocycles. The fourth-order valence-corrected chi connectivity index (χ4v) is 5.65. The van der Waals surface area contributed by atoms with Gasteiger partial charge in [0.2, 0.25) is 0 Å². The molecule has 1 atom stereocenters. The van der Waals surface area contributed by atoms with Gasteiger partial charge in [0.15, 0.2) is 0 Å². The van der Waals surface area contributed by atoms with Crippen LogP contribution in [0.2, 0.25) is 0 Å². The van der Waals surface area contributed by atoms with Gasteiger partial charge in [0.1, 0.15) is 16.9 Å². The number of carboxylic acid groups (broad SMARTS) is 1. The van der Waals surface area contributed by atoms with Crippen LogP contribution in [0.3, 0.4) is 0 Å². The second-order valence-electron chi connectivity index (χ2n) is 11.1. The predicted octanol–water partition coefficient (Wildman–Crippen LogP) is 5.24. The Morgan fingerprint density at radius 1 is 1.18 bits per heavy atom. The molecule has 2 heterocycles. The fraction of sp³-hybridized carbons (Fsp3) is 0.355. The molecule has 0 fully saturated rings. The zero-order chi connectivity index (χ0) is 27.9. The molecule has 5 rings (SSSR count). The third kappa shape index (κ3) is 5.36. The molecule has 0 amide bonds. The molecule has 1 aromatic heterocycles. The number of ether oxygens (including phenoxy) is 1. The molecule has 0 spiro atoms. The van der Waals surface area contributed by atoms with E-state index in [1.807, 2.05) is 50.4 Å². The van der Waals surface area contributed by atoms with E-state index in [4.69, 9.17) is 4.74 Å². The zero-order valence-electron chi connectivity index (χ0n) is 23.0. The highest BCUT2D eigenvalue weighted by Crippen LogP contribution is 2.35. The number of carboxylic acids is 1. The number of rotatable bonds is 6. The Morgan fingerprint density at radius 2 is 1.97 bits per heavy atom. The lowest BCUT2D eigenvalue weighted by atomic mass is 9.84. The number of nitriles is 1. The highest BCUT2D eigenvalue weighted by molar-refractivity contribution is 5.80. The Kier molecular flexibility index (Phi) is 6.87. The third-order valence-corrected chi connectivity index (χ3v) is 7.58. The summed E-state index contributed by atoms with van der Waals surface area (Å²) in [7, 11) is 1.85. The number of hydrogen-bond donors (Lipinski definition) is 1. The van der Waals surface area contributed by atoms with Gasteiger partial charge in [-0.3, -0.25) is 9.69 Å². The minimum Gasteiger partial charge on any atom is -0.486 e. The molecule has 8 nitrogen and oxygen atoms in total. The van der Waals surface area contributed by atoms with E-state index in [1.165, 1.54) is 0 Å². The van der Waals surface area contributed by atoms with Crippen LogP contribution in [0.25, 0.3) is 11.0 Å². The molecule has 0 saturated heterocycles. The van der Waals surface area contributed by atoms with Crippen LogP contribution in [-0.2, 0) is 24.9 Å². The number of aryl methyl sites for hydroxylation is 3. The summed E-state index contributed by atoms with van der Waals surface area (Å²) < 4.78 is 8.06. The van der Waals surface area contributed by atoms with Crippen molar-refractivity contribution in [1.82, 2.24) is 19.9 Å². The zero-order valence-corrected chi connectivity index (χ0v) is 23.0. The number of aliphatic carboxylic acids is 1. The van der Waals surface area contributed by atoms with Crippen molar-refractivity contribution in [2.75, 3.05) is 6.54 Å². The van der Waals surface area contributed by atoms with E-state index in [-0.39, 0.29) is 12.3 Å². The average molecular weight is 524 g/mol. The molecular formula is C31H33N5O3. The van der Waals surface area contributed by atoms with E-state index in [2.05, 4.69) is 54.2 Å². The Balaban J connectivity index is 1.50. The Bertz CT molecular complexity index is 1610. The van der Waals surface area contributed by atoms with Gasteiger partial charge in [-0.25, -0.2) is 4.68 Å². The maximum absolute atomic E-state index is 12.0. The number of hydrogen-bond acceptors (Lipinski definition) is 6. The van der Waals surface area contributed by atoms with Crippen LogP contribution in [0, 0.1) is 25.2 Å². The lowest BCUT2D eigenvalue weighted by Crippen LogP contribution is -2.40. The van der Waals surface area contributed by atoms with Crippen LogP contribution >= 0.6 is 0 Å². The average Bonchev–Trinajstić information content (AvgIpc) is 3.20. The molecule has 0 saturated carbocycles. The van der Waals surface area contributed by atoms with E-state index in [0.717, 1.165) is 50.2 Å². The van der Waals surface area contributed by atoms with E-state index >= 15 is 0 Å². The molecule has 39 heavy (non-hydrogen) atoms. The van der Waals surface area contributed by atoms with Gasteiger partial charge in [-0.05, 0) is 73.7 Å². The van der Waals surface area contributed by atoms with Crippen LogP contribution < -0.4 is 4.74 Å². The van der Waals surface area contributed by atoms with Gasteiger partial charge in [0, 0.05) is 38.2 Å². The van der Waals surface area contributed by atoms with Crippen LogP contribution in [0.5, 0.6) is 5.75 Å². The van der Waals surface area contributed by atoms with Gasteiger partial charge >= 0.3 is 5.97 Å². The van der Waals surface area contributed by atoms with E-state index in [9.17, 15) is 15.2 Å². The minimum atomic E-state index is -0.847. The number of nitrogens with zero attached hydrogens (tertiary/aromatic N) is 5. The molecule has 0 aliphatic carbocycles. The number of fused-ring (bicyclic) bond motifs is 2. The largest absolute Gasteiger partial charge is 0.486 e. The van der Waals surface area contributed by atoms with Gasteiger partial charge in [-0.2, -0.15) is 5.26 Å². The Morgan fingerprint density at radius 3 is 2.72 bits per heavy atom.